The highest BCUT2D eigenvalue weighted by molar-refractivity contribution is 5.22. The molecule has 0 aromatic carbocycles. The Morgan fingerprint density at radius 2 is 2.36 bits per heavy atom. The second-order valence-corrected chi connectivity index (χ2v) is 2.26. The van der Waals surface area contributed by atoms with Gasteiger partial charge in [-0.25, -0.2) is 0 Å². The normalized spacial score (nSPS) is 10.1. The third kappa shape index (κ3) is 1.74. The molecule has 0 fully saturated rings. The number of aliphatic hydroxyl groups is 1. The molecule has 11 heavy (non-hydrogen) atoms. The Morgan fingerprint density at radius 1 is 1.64 bits per heavy atom. The van der Waals surface area contributed by atoms with Crippen LogP contribution in [-0.2, 0) is 6.61 Å². The monoisotopic (exact) mass is 156 g/mol. The van der Waals surface area contributed by atoms with Gasteiger partial charge in [0.2, 0.25) is 0 Å². The molecule has 3 nitrogen and oxygen atoms in total. The molecule has 0 atom stereocenters. The third-order valence-corrected chi connectivity index (χ3v) is 1.43. The van der Waals surface area contributed by atoms with Gasteiger partial charge >= 0.3 is 0 Å². The van der Waals surface area contributed by atoms with Crippen molar-refractivity contribution in [1.82, 2.24) is 0 Å². The van der Waals surface area contributed by atoms with Crippen molar-refractivity contribution in [3.8, 4) is 5.95 Å². The number of hydrogen-bond donors (Lipinski definition) is 1. The summed E-state index contributed by atoms with van der Waals surface area (Å²) in [6.45, 7) is 4.27. The molecule has 1 N–H and O–H groups in total. The highest BCUT2D eigenvalue weighted by Crippen LogP contribution is 2.20. The van der Waals surface area contributed by atoms with Crippen molar-refractivity contribution in [2.75, 3.05) is 6.61 Å². The van der Waals surface area contributed by atoms with Crippen molar-refractivity contribution in [3.63, 3.8) is 0 Å². The van der Waals surface area contributed by atoms with Gasteiger partial charge in [-0.05, 0) is 19.4 Å². The molecule has 1 rings (SSSR count). The van der Waals surface area contributed by atoms with E-state index in [9.17, 15) is 0 Å². The first-order chi connectivity index (χ1) is 5.27. The van der Waals surface area contributed by atoms with E-state index < -0.39 is 0 Å². The number of rotatable bonds is 3. The maximum atomic E-state index is 8.75. The Hall–Kier alpha value is -0.960. The van der Waals surface area contributed by atoms with Crippen molar-refractivity contribution >= 4 is 0 Å². The largest absolute Gasteiger partial charge is 0.465 e. The summed E-state index contributed by atoms with van der Waals surface area (Å²) in [6.07, 6.45) is 0. The van der Waals surface area contributed by atoms with Crippen LogP contribution in [0.15, 0.2) is 10.5 Å². The molecule has 0 radical (unpaired) electrons. The van der Waals surface area contributed by atoms with Gasteiger partial charge in [0.1, 0.15) is 12.4 Å². The quantitative estimate of drug-likeness (QED) is 0.720. The first kappa shape index (κ1) is 8.14. The van der Waals surface area contributed by atoms with Gasteiger partial charge in [-0.1, -0.05) is 0 Å². The van der Waals surface area contributed by atoms with Gasteiger partial charge in [0.25, 0.3) is 5.95 Å². The molecule has 62 valence electrons. The molecule has 0 amide bonds. The predicted molar refractivity (Wildman–Crippen MR) is 40.5 cm³/mol. The molecule has 0 aliphatic heterocycles. The van der Waals surface area contributed by atoms with Crippen LogP contribution in [0.2, 0.25) is 0 Å². The molecule has 0 aliphatic carbocycles. The first-order valence-electron chi connectivity index (χ1n) is 3.61. The molecule has 0 unspecified atom stereocenters. The van der Waals surface area contributed by atoms with Crippen LogP contribution in [0.1, 0.15) is 18.2 Å². The Morgan fingerprint density at radius 3 is 2.82 bits per heavy atom. The van der Waals surface area contributed by atoms with Crippen LogP contribution in [0.25, 0.3) is 0 Å². The maximum absolute atomic E-state index is 8.75. The summed E-state index contributed by atoms with van der Waals surface area (Å²) in [6, 6.07) is 1.77. The lowest BCUT2D eigenvalue weighted by Gasteiger charge is -1.94. The van der Waals surface area contributed by atoms with Crippen LogP contribution in [0, 0.1) is 6.92 Å². The molecule has 0 saturated carbocycles. The molecule has 0 saturated heterocycles. The van der Waals surface area contributed by atoms with Crippen molar-refractivity contribution in [1.29, 1.82) is 0 Å². The zero-order chi connectivity index (χ0) is 8.27. The van der Waals surface area contributed by atoms with E-state index in [0.717, 1.165) is 5.56 Å². The fraction of sp³-hybridized carbons (Fsp3) is 0.500. The Labute approximate surface area is 65.6 Å². The van der Waals surface area contributed by atoms with E-state index >= 15 is 0 Å². The summed E-state index contributed by atoms with van der Waals surface area (Å²) in [7, 11) is 0. The van der Waals surface area contributed by atoms with Gasteiger partial charge in [-0.15, -0.1) is 0 Å². The Bertz CT molecular complexity index is 227. The van der Waals surface area contributed by atoms with Gasteiger partial charge in [0, 0.05) is 6.07 Å². The number of furan rings is 1. The minimum Gasteiger partial charge on any atom is -0.465 e. The molecule has 3 heteroatoms. The average molecular weight is 156 g/mol. The summed E-state index contributed by atoms with van der Waals surface area (Å²) in [4.78, 5) is 0. The molecule has 1 aromatic heterocycles. The smallest absolute Gasteiger partial charge is 0.284 e. The zero-order valence-corrected chi connectivity index (χ0v) is 6.76. The van der Waals surface area contributed by atoms with Crippen LogP contribution < -0.4 is 4.74 Å². The standard InChI is InChI=1S/C8H12O3/c1-3-10-8-4-6(2)7(5-9)11-8/h4,9H,3,5H2,1-2H3. The minimum absolute atomic E-state index is 0.0705. The average Bonchev–Trinajstić information content (AvgIpc) is 2.32. The number of hydrogen-bond acceptors (Lipinski definition) is 3. The van der Waals surface area contributed by atoms with Crippen LogP contribution in [0.5, 0.6) is 5.95 Å². The van der Waals surface area contributed by atoms with E-state index in [1.807, 2.05) is 13.8 Å². The predicted octanol–water partition coefficient (Wildman–Crippen LogP) is 1.48. The highest BCUT2D eigenvalue weighted by Gasteiger charge is 2.05. The third-order valence-electron chi connectivity index (χ3n) is 1.43. The van der Waals surface area contributed by atoms with E-state index in [1.165, 1.54) is 0 Å². The van der Waals surface area contributed by atoms with Crippen molar-refractivity contribution in [2.24, 2.45) is 0 Å². The van der Waals surface area contributed by atoms with E-state index in [2.05, 4.69) is 0 Å². The second kappa shape index (κ2) is 3.44. The fourth-order valence-electron chi connectivity index (χ4n) is 0.859. The fourth-order valence-corrected chi connectivity index (χ4v) is 0.859. The van der Waals surface area contributed by atoms with Gasteiger partial charge in [0.05, 0.1) is 6.61 Å². The highest BCUT2D eigenvalue weighted by atomic mass is 16.6. The van der Waals surface area contributed by atoms with E-state index in [4.69, 9.17) is 14.3 Å². The minimum atomic E-state index is -0.0705. The van der Waals surface area contributed by atoms with Crippen LogP contribution in [0.4, 0.5) is 0 Å². The van der Waals surface area contributed by atoms with Crippen LogP contribution >= 0.6 is 0 Å². The lowest BCUT2D eigenvalue weighted by Crippen LogP contribution is -1.88. The van der Waals surface area contributed by atoms with Gasteiger partial charge in [0.15, 0.2) is 0 Å². The Kier molecular flexibility index (Phi) is 2.54. The number of aliphatic hydroxyl groups excluding tert-OH is 1. The number of ether oxygens (including phenoxy) is 1. The summed E-state index contributed by atoms with van der Waals surface area (Å²) >= 11 is 0. The van der Waals surface area contributed by atoms with Crippen molar-refractivity contribution < 1.29 is 14.3 Å². The first-order valence-corrected chi connectivity index (χ1v) is 3.61. The van der Waals surface area contributed by atoms with E-state index in [1.54, 1.807) is 6.07 Å². The van der Waals surface area contributed by atoms with Crippen molar-refractivity contribution in [3.05, 3.63) is 17.4 Å². The maximum Gasteiger partial charge on any atom is 0.284 e. The zero-order valence-electron chi connectivity index (χ0n) is 6.76. The van der Waals surface area contributed by atoms with Crippen LogP contribution in [-0.4, -0.2) is 11.7 Å². The molecule has 1 aromatic rings. The molecule has 0 aliphatic rings. The van der Waals surface area contributed by atoms with Crippen LogP contribution in [0.3, 0.4) is 0 Å². The summed E-state index contributed by atoms with van der Waals surface area (Å²) in [5.74, 6) is 1.06. The molecular weight excluding hydrogens is 144 g/mol. The molecule has 0 bridgehead atoms. The summed E-state index contributed by atoms with van der Waals surface area (Å²) in [5, 5.41) is 8.75. The lowest BCUT2D eigenvalue weighted by atomic mass is 10.3. The Balaban J connectivity index is 2.77. The van der Waals surface area contributed by atoms with E-state index in [0.29, 0.717) is 18.3 Å². The van der Waals surface area contributed by atoms with E-state index in [-0.39, 0.29) is 6.61 Å². The topological polar surface area (TPSA) is 42.6 Å². The molecular formula is C8H12O3. The van der Waals surface area contributed by atoms with Crippen molar-refractivity contribution in [2.45, 2.75) is 20.5 Å². The number of aryl methyl sites for hydroxylation is 1. The molecule has 1 heterocycles. The van der Waals surface area contributed by atoms with Gasteiger partial charge < -0.3 is 14.3 Å². The second-order valence-electron chi connectivity index (χ2n) is 2.26. The summed E-state index contributed by atoms with van der Waals surface area (Å²) in [5.41, 5.74) is 0.927. The lowest BCUT2D eigenvalue weighted by molar-refractivity contribution is 0.209. The summed E-state index contributed by atoms with van der Waals surface area (Å²) < 4.78 is 10.2. The van der Waals surface area contributed by atoms with Gasteiger partial charge in [-0.3, -0.25) is 0 Å². The van der Waals surface area contributed by atoms with Gasteiger partial charge in [-0.2, -0.15) is 0 Å². The SMILES string of the molecule is CCOc1cc(C)c(CO)o1. The molecule has 0 spiro atoms.